The van der Waals surface area contributed by atoms with E-state index in [1.807, 2.05) is 0 Å². The van der Waals surface area contributed by atoms with E-state index in [-0.39, 0.29) is 6.42 Å². The summed E-state index contributed by atoms with van der Waals surface area (Å²) >= 11 is 0. The summed E-state index contributed by atoms with van der Waals surface area (Å²) in [5.74, 6) is -0.430. The number of carbonyl (C=O) groups excluding carboxylic acids is 1. The Balaban J connectivity index is 2.55. The van der Waals surface area contributed by atoms with Gasteiger partial charge in [0.1, 0.15) is 11.4 Å². The molecule has 0 aromatic carbocycles. The fourth-order valence-corrected chi connectivity index (χ4v) is 1.52. The quantitative estimate of drug-likeness (QED) is 0.865. The predicted octanol–water partition coefficient (Wildman–Crippen LogP) is 2.84. The van der Waals surface area contributed by atoms with Crippen LogP contribution in [-0.2, 0) is 16.0 Å². The van der Waals surface area contributed by atoms with Crippen molar-refractivity contribution < 1.29 is 19.4 Å². The number of hydrogen-bond acceptors (Lipinski definition) is 4. The molecule has 0 unspecified atom stereocenters. The average molecular weight is 280 g/mol. The van der Waals surface area contributed by atoms with Crippen LogP contribution >= 0.6 is 0 Å². The lowest BCUT2D eigenvalue weighted by molar-refractivity contribution is -0.137. The summed E-state index contributed by atoms with van der Waals surface area (Å²) in [6.07, 6.45) is 0.604. The molecule has 1 amide bonds. The van der Waals surface area contributed by atoms with Crippen LogP contribution in [0.5, 0.6) is 0 Å². The Labute approximate surface area is 118 Å². The molecule has 0 radical (unpaired) electrons. The van der Waals surface area contributed by atoms with Gasteiger partial charge in [0, 0.05) is 12.1 Å². The Kier molecular flexibility index (Phi) is 5.49. The maximum absolute atomic E-state index is 11.6. The summed E-state index contributed by atoms with van der Waals surface area (Å²) in [7, 11) is 0. The molecule has 6 nitrogen and oxygen atoms in total. The summed E-state index contributed by atoms with van der Waals surface area (Å²) < 4.78 is 5.13. The predicted molar refractivity (Wildman–Crippen MR) is 74.7 cm³/mol. The maximum atomic E-state index is 11.6. The van der Waals surface area contributed by atoms with Gasteiger partial charge in [-0.2, -0.15) is 0 Å². The Morgan fingerprint density at radius 2 is 2.05 bits per heavy atom. The van der Waals surface area contributed by atoms with Crippen molar-refractivity contribution in [2.45, 2.75) is 45.6 Å². The summed E-state index contributed by atoms with van der Waals surface area (Å²) in [6.45, 7) is 5.34. The summed E-state index contributed by atoms with van der Waals surface area (Å²) in [6, 6.07) is 5.21. The summed E-state index contributed by atoms with van der Waals surface area (Å²) in [5, 5.41) is 11.1. The number of aromatic nitrogens is 1. The lowest BCUT2D eigenvalue weighted by Gasteiger charge is -2.19. The molecular formula is C14H20N2O4. The molecule has 0 aliphatic carbocycles. The normalized spacial score (nSPS) is 10.9. The zero-order chi connectivity index (χ0) is 15.2. The molecule has 6 heteroatoms. The number of pyridine rings is 1. The van der Waals surface area contributed by atoms with Crippen molar-refractivity contribution >= 4 is 17.9 Å². The second-order valence-corrected chi connectivity index (χ2v) is 5.39. The third-order valence-corrected chi connectivity index (χ3v) is 2.26. The van der Waals surface area contributed by atoms with Crippen molar-refractivity contribution in [3.8, 4) is 0 Å². The van der Waals surface area contributed by atoms with E-state index in [4.69, 9.17) is 9.84 Å². The molecule has 0 spiro atoms. The Bertz CT molecular complexity index is 480. The summed E-state index contributed by atoms with van der Waals surface area (Å²) in [4.78, 5) is 26.3. The van der Waals surface area contributed by atoms with Gasteiger partial charge in [-0.1, -0.05) is 6.07 Å². The van der Waals surface area contributed by atoms with E-state index < -0.39 is 17.7 Å². The van der Waals surface area contributed by atoms with E-state index in [1.54, 1.807) is 39.0 Å². The highest BCUT2D eigenvalue weighted by Crippen LogP contribution is 2.11. The van der Waals surface area contributed by atoms with Gasteiger partial charge in [-0.15, -0.1) is 0 Å². The van der Waals surface area contributed by atoms with Crippen LogP contribution in [0.15, 0.2) is 18.2 Å². The third kappa shape index (κ3) is 6.72. The highest BCUT2D eigenvalue weighted by Gasteiger charge is 2.16. The van der Waals surface area contributed by atoms with Crippen LogP contribution < -0.4 is 5.32 Å². The standard InChI is InChI=1S/C14H20N2O4/c1-14(2,3)20-13(19)16-11-8-4-6-10(15-11)7-5-9-12(17)18/h4,6,8H,5,7,9H2,1-3H3,(H,17,18)(H,15,16,19). The topological polar surface area (TPSA) is 88.5 Å². The second-order valence-electron chi connectivity index (χ2n) is 5.39. The number of carboxylic acids is 1. The lowest BCUT2D eigenvalue weighted by Crippen LogP contribution is -2.27. The van der Waals surface area contributed by atoms with Crippen molar-refractivity contribution in [2.75, 3.05) is 5.32 Å². The molecule has 1 aromatic heterocycles. The van der Waals surface area contributed by atoms with Crippen LogP contribution in [0.2, 0.25) is 0 Å². The van der Waals surface area contributed by atoms with E-state index in [2.05, 4.69) is 10.3 Å². The minimum atomic E-state index is -0.826. The van der Waals surface area contributed by atoms with Gasteiger partial charge < -0.3 is 9.84 Å². The zero-order valence-corrected chi connectivity index (χ0v) is 12.0. The van der Waals surface area contributed by atoms with Gasteiger partial charge in [-0.05, 0) is 45.7 Å². The molecule has 20 heavy (non-hydrogen) atoms. The molecule has 0 aliphatic rings. The van der Waals surface area contributed by atoms with Crippen LogP contribution in [-0.4, -0.2) is 27.8 Å². The largest absolute Gasteiger partial charge is 0.481 e. The lowest BCUT2D eigenvalue weighted by atomic mass is 10.2. The van der Waals surface area contributed by atoms with Crippen LogP contribution in [0.1, 0.15) is 39.3 Å². The number of nitrogens with one attached hydrogen (secondary N) is 1. The average Bonchev–Trinajstić information content (AvgIpc) is 2.26. The van der Waals surface area contributed by atoms with Crippen LogP contribution in [0, 0.1) is 0 Å². The second kappa shape index (κ2) is 6.88. The molecule has 2 N–H and O–H groups in total. The van der Waals surface area contributed by atoms with Gasteiger partial charge in [0.25, 0.3) is 0 Å². The molecule has 1 aromatic rings. The van der Waals surface area contributed by atoms with E-state index in [9.17, 15) is 9.59 Å². The van der Waals surface area contributed by atoms with Gasteiger partial charge in [-0.25, -0.2) is 9.78 Å². The molecule has 0 saturated heterocycles. The first-order valence-corrected chi connectivity index (χ1v) is 6.44. The highest BCUT2D eigenvalue weighted by molar-refractivity contribution is 5.83. The number of hydrogen-bond donors (Lipinski definition) is 2. The monoisotopic (exact) mass is 280 g/mol. The number of carbonyl (C=O) groups is 2. The van der Waals surface area contributed by atoms with Gasteiger partial charge in [-0.3, -0.25) is 10.1 Å². The first kappa shape index (κ1) is 15.9. The fraction of sp³-hybridized carbons (Fsp3) is 0.500. The van der Waals surface area contributed by atoms with Crippen molar-refractivity contribution in [1.82, 2.24) is 4.98 Å². The number of aryl methyl sites for hydroxylation is 1. The molecule has 0 bridgehead atoms. The molecular weight excluding hydrogens is 260 g/mol. The number of aliphatic carboxylic acids is 1. The van der Waals surface area contributed by atoms with Gasteiger partial charge in [0.05, 0.1) is 0 Å². The fourth-order valence-electron chi connectivity index (χ4n) is 1.52. The number of carboxylic acid groups (broad SMARTS) is 1. The third-order valence-electron chi connectivity index (χ3n) is 2.26. The molecule has 1 rings (SSSR count). The van der Waals surface area contributed by atoms with Crippen LogP contribution in [0.25, 0.3) is 0 Å². The van der Waals surface area contributed by atoms with E-state index in [0.29, 0.717) is 18.7 Å². The Hall–Kier alpha value is -2.11. The molecule has 110 valence electrons. The minimum Gasteiger partial charge on any atom is -0.481 e. The maximum Gasteiger partial charge on any atom is 0.413 e. The Morgan fingerprint density at radius 1 is 1.35 bits per heavy atom. The number of amides is 1. The molecule has 0 atom stereocenters. The van der Waals surface area contributed by atoms with Crippen molar-refractivity contribution in [3.63, 3.8) is 0 Å². The smallest absolute Gasteiger partial charge is 0.413 e. The first-order valence-electron chi connectivity index (χ1n) is 6.44. The van der Waals surface area contributed by atoms with E-state index in [1.165, 1.54) is 0 Å². The van der Waals surface area contributed by atoms with Gasteiger partial charge >= 0.3 is 12.1 Å². The molecule has 0 saturated carbocycles. The van der Waals surface area contributed by atoms with E-state index >= 15 is 0 Å². The van der Waals surface area contributed by atoms with Crippen LogP contribution in [0.3, 0.4) is 0 Å². The number of anilines is 1. The highest BCUT2D eigenvalue weighted by atomic mass is 16.6. The van der Waals surface area contributed by atoms with Crippen molar-refractivity contribution in [1.29, 1.82) is 0 Å². The van der Waals surface area contributed by atoms with Gasteiger partial charge in [0.2, 0.25) is 0 Å². The number of rotatable bonds is 5. The molecule has 0 aliphatic heterocycles. The molecule has 1 heterocycles. The molecule has 0 fully saturated rings. The van der Waals surface area contributed by atoms with Crippen molar-refractivity contribution in [3.05, 3.63) is 23.9 Å². The Morgan fingerprint density at radius 3 is 2.65 bits per heavy atom. The summed E-state index contributed by atoms with van der Waals surface area (Å²) in [5.41, 5.74) is 0.170. The van der Waals surface area contributed by atoms with Crippen LogP contribution in [0.4, 0.5) is 10.6 Å². The first-order chi connectivity index (χ1) is 9.26. The number of nitrogens with zero attached hydrogens (tertiary/aromatic N) is 1. The van der Waals surface area contributed by atoms with Crippen molar-refractivity contribution in [2.24, 2.45) is 0 Å². The van der Waals surface area contributed by atoms with Gasteiger partial charge in [0.15, 0.2) is 0 Å². The minimum absolute atomic E-state index is 0.103. The zero-order valence-electron chi connectivity index (χ0n) is 12.0. The van der Waals surface area contributed by atoms with E-state index in [0.717, 1.165) is 5.69 Å². The number of ether oxygens (including phenoxy) is 1. The SMILES string of the molecule is CC(C)(C)OC(=O)Nc1cccc(CCCC(=O)O)n1.